The van der Waals surface area contributed by atoms with Gasteiger partial charge in [-0.05, 0) is 25.2 Å². The molecule has 104 valence electrons. The summed E-state index contributed by atoms with van der Waals surface area (Å²) in [7, 11) is 0. The standard InChI is InChI=1S/C14H19NO4/c1-8(2)7-11(14(18)19)15-12(16)9-5-3-4-6-10(9)13(15)17/h3-4,8-11H,5-7H2,1-2H3,(H,18,19)/t9-,10+,11-/m1/s1. The quantitative estimate of drug-likeness (QED) is 0.616. The first kappa shape index (κ1) is 13.8. The molecule has 0 saturated carbocycles. The molecule has 3 atom stereocenters. The van der Waals surface area contributed by atoms with Crippen molar-refractivity contribution in [1.82, 2.24) is 4.90 Å². The van der Waals surface area contributed by atoms with Crippen molar-refractivity contribution in [2.45, 2.75) is 39.2 Å². The van der Waals surface area contributed by atoms with Gasteiger partial charge in [0.1, 0.15) is 6.04 Å². The lowest BCUT2D eigenvalue weighted by molar-refractivity contribution is -0.155. The first-order valence-corrected chi connectivity index (χ1v) is 6.68. The monoisotopic (exact) mass is 265 g/mol. The van der Waals surface area contributed by atoms with Crippen LogP contribution in [0.15, 0.2) is 12.2 Å². The van der Waals surface area contributed by atoms with Crippen molar-refractivity contribution >= 4 is 17.8 Å². The van der Waals surface area contributed by atoms with Crippen LogP contribution in [0.1, 0.15) is 33.1 Å². The van der Waals surface area contributed by atoms with Crippen LogP contribution in [0.4, 0.5) is 0 Å². The number of carbonyl (C=O) groups excluding carboxylic acids is 2. The highest BCUT2D eigenvalue weighted by Gasteiger charge is 2.51. The second-order valence-corrected chi connectivity index (χ2v) is 5.69. The Morgan fingerprint density at radius 3 is 2.11 bits per heavy atom. The van der Waals surface area contributed by atoms with Gasteiger partial charge in [-0.2, -0.15) is 0 Å². The molecule has 1 aliphatic carbocycles. The predicted octanol–water partition coefficient (Wildman–Crippen LogP) is 1.44. The second kappa shape index (κ2) is 5.15. The van der Waals surface area contributed by atoms with Crippen LogP contribution in [-0.2, 0) is 14.4 Å². The van der Waals surface area contributed by atoms with E-state index in [0.717, 1.165) is 4.90 Å². The van der Waals surface area contributed by atoms with Gasteiger partial charge in [-0.3, -0.25) is 14.5 Å². The number of aliphatic carboxylic acids is 1. The lowest BCUT2D eigenvalue weighted by atomic mass is 9.85. The maximum absolute atomic E-state index is 12.3. The predicted molar refractivity (Wildman–Crippen MR) is 68.1 cm³/mol. The fourth-order valence-corrected chi connectivity index (χ4v) is 2.90. The number of imide groups is 1. The summed E-state index contributed by atoms with van der Waals surface area (Å²) >= 11 is 0. The van der Waals surface area contributed by atoms with Crippen molar-refractivity contribution in [2.24, 2.45) is 17.8 Å². The Bertz CT molecular complexity index is 415. The Morgan fingerprint density at radius 2 is 1.74 bits per heavy atom. The molecule has 0 aromatic rings. The summed E-state index contributed by atoms with van der Waals surface area (Å²) in [5.74, 6) is -2.32. The van der Waals surface area contributed by atoms with Crippen LogP contribution in [0.3, 0.4) is 0 Å². The summed E-state index contributed by atoms with van der Waals surface area (Å²) in [6.45, 7) is 3.77. The number of nitrogens with zero attached hydrogens (tertiary/aromatic N) is 1. The first-order valence-electron chi connectivity index (χ1n) is 6.68. The van der Waals surface area contributed by atoms with Crippen molar-refractivity contribution in [3.63, 3.8) is 0 Å². The Hall–Kier alpha value is -1.65. The van der Waals surface area contributed by atoms with E-state index in [1.165, 1.54) is 0 Å². The average Bonchev–Trinajstić information content (AvgIpc) is 2.60. The number of fused-ring (bicyclic) bond motifs is 1. The molecule has 0 aromatic heterocycles. The number of rotatable bonds is 4. The highest BCUT2D eigenvalue weighted by atomic mass is 16.4. The minimum atomic E-state index is -1.10. The molecular formula is C14H19NO4. The highest BCUT2D eigenvalue weighted by Crippen LogP contribution is 2.36. The van der Waals surface area contributed by atoms with Gasteiger partial charge in [-0.25, -0.2) is 4.79 Å². The lowest BCUT2D eigenvalue weighted by Gasteiger charge is -2.24. The molecule has 1 heterocycles. The molecule has 5 nitrogen and oxygen atoms in total. The highest BCUT2D eigenvalue weighted by molar-refractivity contribution is 6.07. The fraction of sp³-hybridized carbons (Fsp3) is 0.643. The molecule has 1 aliphatic heterocycles. The Balaban J connectivity index is 2.26. The van der Waals surface area contributed by atoms with E-state index in [4.69, 9.17) is 0 Å². The van der Waals surface area contributed by atoms with Gasteiger partial charge in [0.2, 0.25) is 11.8 Å². The van der Waals surface area contributed by atoms with Crippen molar-refractivity contribution in [2.75, 3.05) is 0 Å². The molecule has 0 radical (unpaired) electrons. The molecule has 1 N–H and O–H groups in total. The van der Waals surface area contributed by atoms with E-state index in [9.17, 15) is 19.5 Å². The number of amides is 2. The van der Waals surface area contributed by atoms with Gasteiger partial charge in [0, 0.05) is 0 Å². The normalized spacial score (nSPS) is 27.8. The van der Waals surface area contributed by atoms with E-state index < -0.39 is 12.0 Å². The van der Waals surface area contributed by atoms with Crippen LogP contribution in [0, 0.1) is 17.8 Å². The van der Waals surface area contributed by atoms with Crippen molar-refractivity contribution in [3.8, 4) is 0 Å². The summed E-state index contributed by atoms with van der Waals surface area (Å²) in [5.41, 5.74) is 0. The molecule has 0 aromatic carbocycles. The number of hydrogen-bond donors (Lipinski definition) is 1. The maximum atomic E-state index is 12.3. The maximum Gasteiger partial charge on any atom is 0.326 e. The van der Waals surface area contributed by atoms with Crippen molar-refractivity contribution in [3.05, 3.63) is 12.2 Å². The van der Waals surface area contributed by atoms with Crippen LogP contribution in [0.25, 0.3) is 0 Å². The summed E-state index contributed by atoms with van der Waals surface area (Å²) in [6, 6.07) is -1.02. The van der Waals surface area contributed by atoms with E-state index in [2.05, 4.69) is 0 Å². The van der Waals surface area contributed by atoms with Crippen LogP contribution >= 0.6 is 0 Å². The van der Waals surface area contributed by atoms with Gasteiger partial charge >= 0.3 is 5.97 Å². The number of carbonyl (C=O) groups is 3. The molecule has 2 aliphatic rings. The Morgan fingerprint density at radius 1 is 1.26 bits per heavy atom. The summed E-state index contributed by atoms with van der Waals surface area (Å²) < 4.78 is 0. The molecule has 1 saturated heterocycles. The van der Waals surface area contributed by atoms with Crippen LogP contribution in [0.2, 0.25) is 0 Å². The van der Waals surface area contributed by atoms with E-state index >= 15 is 0 Å². The molecule has 5 heteroatoms. The van der Waals surface area contributed by atoms with Gasteiger partial charge in [0.05, 0.1) is 11.8 Å². The minimum absolute atomic E-state index is 0.113. The molecule has 1 fully saturated rings. The Kier molecular flexibility index (Phi) is 3.73. The molecule has 2 amide bonds. The topological polar surface area (TPSA) is 74.7 Å². The zero-order valence-corrected chi connectivity index (χ0v) is 11.2. The van der Waals surface area contributed by atoms with Gasteiger partial charge in [0.25, 0.3) is 0 Å². The molecule has 0 spiro atoms. The zero-order chi connectivity index (χ0) is 14.2. The van der Waals surface area contributed by atoms with Crippen LogP contribution in [0.5, 0.6) is 0 Å². The molecule has 19 heavy (non-hydrogen) atoms. The third kappa shape index (κ3) is 2.41. The second-order valence-electron chi connectivity index (χ2n) is 5.69. The summed E-state index contributed by atoms with van der Waals surface area (Å²) in [6.07, 6.45) is 5.18. The van der Waals surface area contributed by atoms with Gasteiger partial charge < -0.3 is 5.11 Å². The smallest absolute Gasteiger partial charge is 0.326 e. The van der Waals surface area contributed by atoms with E-state index in [1.807, 2.05) is 26.0 Å². The minimum Gasteiger partial charge on any atom is -0.480 e. The van der Waals surface area contributed by atoms with E-state index in [1.54, 1.807) is 0 Å². The van der Waals surface area contributed by atoms with Gasteiger partial charge in [-0.15, -0.1) is 0 Å². The first-order chi connectivity index (χ1) is 8.93. The molecular weight excluding hydrogens is 246 g/mol. The van der Waals surface area contributed by atoms with Gasteiger partial charge in [-0.1, -0.05) is 26.0 Å². The van der Waals surface area contributed by atoms with Crippen LogP contribution < -0.4 is 0 Å². The molecule has 0 unspecified atom stereocenters. The summed E-state index contributed by atoms with van der Waals surface area (Å²) in [5, 5.41) is 9.29. The zero-order valence-electron chi connectivity index (χ0n) is 11.2. The number of carboxylic acid groups (broad SMARTS) is 1. The largest absolute Gasteiger partial charge is 0.480 e. The molecule has 0 bridgehead atoms. The third-order valence-corrected chi connectivity index (χ3v) is 3.83. The van der Waals surface area contributed by atoms with E-state index in [-0.39, 0.29) is 29.6 Å². The number of likely N-dealkylation sites (tertiary alicyclic amines) is 1. The SMILES string of the molecule is CC(C)C[C@H](C(=O)O)N1C(=O)[C@H]2CC=CC[C@H]2C1=O. The number of allylic oxidation sites excluding steroid dienone is 2. The lowest BCUT2D eigenvalue weighted by Crippen LogP contribution is -2.46. The third-order valence-electron chi connectivity index (χ3n) is 3.83. The fourth-order valence-electron chi connectivity index (χ4n) is 2.90. The number of hydrogen-bond acceptors (Lipinski definition) is 3. The number of carboxylic acids is 1. The van der Waals surface area contributed by atoms with E-state index in [0.29, 0.717) is 19.3 Å². The van der Waals surface area contributed by atoms with Gasteiger partial charge in [0.15, 0.2) is 0 Å². The molecule has 2 rings (SSSR count). The Labute approximate surface area is 112 Å². The van der Waals surface area contributed by atoms with Crippen molar-refractivity contribution in [1.29, 1.82) is 0 Å². The van der Waals surface area contributed by atoms with Crippen molar-refractivity contribution < 1.29 is 19.5 Å². The van der Waals surface area contributed by atoms with Crippen LogP contribution in [-0.4, -0.2) is 33.8 Å². The average molecular weight is 265 g/mol. The summed E-state index contributed by atoms with van der Waals surface area (Å²) in [4.78, 5) is 36.9.